The van der Waals surface area contributed by atoms with Gasteiger partial charge in [0, 0.05) is 7.11 Å². The van der Waals surface area contributed by atoms with Crippen molar-refractivity contribution >= 4 is 5.78 Å². The number of hydrogen-bond donors (Lipinski definition) is 1. The summed E-state index contributed by atoms with van der Waals surface area (Å²) in [6.45, 7) is -0.142. The number of rotatable bonds is 3. The van der Waals surface area contributed by atoms with E-state index in [-0.39, 0.29) is 12.4 Å². The molecule has 1 aromatic heterocycles. The van der Waals surface area contributed by atoms with Crippen LogP contribution in [0.3, 0.4) is 0 Å². The molecule has 5 nitrogen and oxygen atoms in total. The van der Waals surface area contributed by atoms with Gasteiger partial charge < -0.3 is 4.74 Å². The molecule has 6 heteroatoms. The number of ether oxygens (including phenoxy) is 1. The lowest BCUT2D eigenvalue weighted by molar-refractivity contribution is 0.0837. The molecular formula is C5H6FN3O2. The van der Waals surface area contributed by atoms with Gasteiger partial charge in [-0.1, -0.05) is 0 Å². The molecule has 0 radical (unpaired) electrons. The Hall–Kier alpha value is -1.30. The van der Waals surface area contributed by atoms with Crippen LogP contribution in [0.1, 0.15) is 10.6 Å². The lowest BCUT2D eigenvalue weighted by Crippen LogP contribution is -2.08. The summed E-state index contributed by atoms with van der Waals surface area (Å²) in [4.78, 5) is 14.0. The van der Waals surface area contributed by atoms with Gasteiger partial charge in [-0.05, 0) is 0 Å². The van der Waals surface area contributed by atoms with E-state index >= 15 is 0 Å². The molecule has 0 saturated heterocycles. The highest BCUT2D eigenvalue weighted by molar-refractivity contribution is 5.93. The van der Waals surface area contributed by atoms with Crippen molar-refractivity contribution in [1.82, 2.24) is 15.2 Å². The third-order valence-corrected chi connectivity index (χ3v) is 0.983. The summed E-state index contributed by atoms with van der Waals surface area (Å²) in [6.07, 6.45) is -0.871. The van der Waals surface area contributed by atoms with E-state index in [1.807, 2.05) is 5.10 Å². The van der Waals surface area contributed by atoms with Crippen molar-refractivity contribution in [2.45, 2.75) is 0 Å². The van der Waals surface area contributed by atoms with Gasteiger partial charge in [-0.3, -0.25) is 4.79 Å². The number of Topliss-reactive ketones (excluding diaryl/α,β-unsaturated/α-hetero) is 1. The first-order chi connectivity index (χ1) is 5.24. The van der Waals surface area contributed by atoms with Gasteiger partial charge in [0.2, 0.25) is 11.6 Å². The van der Waals surface area contributed by atoms with Gasteiger partial charge in [0.05, 0.1) is 0 Å². The average Bonchev–Trinajstić information content (AvgIpc) is 2.36. The second-order valence-corrected chi connectivity index (χ2v) is 1.81. The van der Waals surface area contributed by atoms with E-state index in [4.69, 9.17) is 0 Å². The zero-order chi connectivity index (χ0) is 8.27. The predicted octanol–water partition coefficient (Wildman–Crippen LogP) is -0.227. The van der Waals surface area contributed by atoms with Crippen LogP contribution in [-0.2, 0) is 4.74 Å². The molecule has 0 saturated carbocycles. The fourth-order valence-electron chi connectivity index (χ4n) is 0.562. The summed E-state index contributed by atoms with van der Waals surface area (Å²) in [5, 5.41) is 5.20. The number of nitrogens with one attached hydrogen (secondary N) is 1. The lowest BCUT2D eigenvalue weighted by atomic mass is 10.4. The summed E-state index contributed by atoms with van der Waals surface area (Å²) in [5.74, 6) is -0.642. The van der Waals surface area contributed by atoms with Crippen LogP contribution in [0.4, 0.5) is 4.39 Å². The van der Waals surface area contributed by atoms with Crippen LogP contribution in [0.2, 0.25) is 0 Å². The molecule has 1 rings (SSSR count). The minimum absolute atomic E-state index is 0.142. The second kappa shape index (κ2) is 3.20. The summed E-state index contributed by atoms with van der Waals surface area (Å²) in [6, 6.07) is 0. The number of methoxy groups -OCH3 is 1. The van der Waals surface area contributed by atoms with Crippen LogP contribution in [0.25, 0.3) is 0 Å². The van der Waals surface area contributed by atoms with Crippen molar-refractivity contribution in [3.05, 3.63) is 11.9 Å². The van der Waals surface area contributed by atoms with E-state index < -0.39 is 11.9 Å². The summed E-state index contributed by atoms with van der Waals surface area (Å²) in [7, 11) is 1.36. The van der Waals surface area contributed by atoms with Crippen molar-refractivity contribution in [2.24, 2.45) is 0 Å². The van der Waals surface area contributed by atoms with E-state index in [0.717, 1.165) is 0 Å². The van der Waals surface area contributed by atoms with Gasteiger partial charge in [0.15, 0.2) is 0 Å². The Kier molecular flexibility index (Phi) is 2.27. The number of halogens is 1. The Morgan fingerprint density at radius 1 is 1.82 bits per heavy atom. The Bertz CT molecular complexity index is 260. The van der Waals surface area contributed by atoms with Gasteiger partial charge in [0.25, 0.3) is 0 Å². The van der Waals surface area contributed by atoms with Gasteiger partial charge >= 0.3 is 6.08 Å². The SMILES string of the molecule is COCC(=O)c1n[nH]c(F)n1. The normalized spacial score (nSPS) is 10.0. The smallest absolute Gasteiger partial charge is 0.305 e. The van der Waals surface area contributed by atoms with Crippen molar-refractivity contribution in [2.75, 3.05) is 13.7 Å². The highest BCUT2D eigenvalue weighted by atomic mass is 19.1. The molecule has 1 N–H and O–H groups in total. The first-order valence-electron chi connectivity index (χ1n) is 2.84. The van der Waals surface area contributed by atoms with Crippen LogP contribution in [0, 0.1) is 6.08 Å². The van der Waals surface area contributed by atoms with Crippen molar-refractivity contribution in [3.63, 3.8) is 0 Å². The van der Waals surface area contributed by atoms with Crippen LogP contribution < -0.4 is 0 Å². The number of aromatic amines is 1. The third kappa shape index (κ3) is 1.81. The number of ketones is 1. The van der Waals surface area contributed by atoms with Crippen molar-refractivity contribution in [3.8, 4) is 0 Å². The summed E-state index contributed by atoms with van der Waals surface area (Å²) >= 11 is 0. The molecule has 0 spiro atoms. The van der Waals surface area contributed by atoms with Crippen LogP contribution in [-0.4, -0.2) is 34.7 Å². The number of aromatic nitrogens is 3. The Labute approximate surface area is 61.6 Å². The molecule has 0 aliphatic heterocycles. The molecule has 0 fully saturated rings. The zero-order valence-corrected chi connectivity index (χ0v) is 5.80. The maximum absolute atomic E-state index is 12.1. The number of H-pyrrole nitrogens is 1. The zero-order valence-electron chi connectivity index (χ0n) is 5.80. The van der Waals surface area contributed by atoms with Crippen molar-refractivity contribution < 1.29 is 13.9 Å². The Morgan fingerprint density at radius 2 is 2.55 bits per heavy atom. The third-order valence-electron chi connectivity index (χ3n) is 0.983. The van der Waals surface area contributed by atoms with Gasteiger partial charge in [-0.15, -0.1) is 5.10 Å². The van der Waals surface area contributed by atoms with Crippen molar-refractivity contribution in [1.29, 1.82) is 0 Å². The van der Waals surface area contributed by atoms with Gasteiger partial charge in [0.1, 0.15) is 6.61 Å². The van der Waals surface area contributed by atoms with Gasteiger partial charge in [-0.2, -0.15) is 9.37 Å². The summed E-state index contributed by atoms with van der Waals surface area (Å²) < 4.78 is 16.6. The minimum Gasteiger partial charge on any atom is -0.376 e. The lowest BCUT2D eigenvalue weighted by Gasteiger charge is -1.90. The predicted molar refractivity (Wildman–Crippen MR) is 32.5 cm³/mol. The second-order valence-electron chi connectivity index (χ2n) is 1.81. The van der Waals surface area contributed by atoms with E-state index in [1.54, 1.807) is 0 Å². The molecule has 0 amide bonds. The fraction of sp³-hybridized carbons (Fsp3) is 0.400. The van der Waals surface area contributed by atoms with E-state index in [1.165, 1.54) is 7.11 Å². The number of hydrogen-bond acceptors (Lipinski definition) is 4. The number of nitrogens with zero attached hydrogens (tertiary/aromatic N) is 2. The van der Waals surface area contributed by atoms with Crippen LogP contribution >= 0.6 is 0 Å². The molecule has 0 aliphatic carbocycles. The van der Waals surface area contributed by atoms with E-state index in [9.17, 15) is 9.18 Å². The topological polar surface area (TPSA) is 67.9 Å². The maximum Gasteiger partial charge on any atom is 0.305 e. The molecular weight excluding hydrogens is 153 g/mol. The Balaban J connectivity index is 2.69. The Morgan fingerprint density at radius 3 is 3.00 bits per heavy atom. The fourth-order valence-corrected chi connectivity index (χ4v) is 0.562. The molecule has 1 heterocycles. The van der Waals surface area contributed by atoms with E-state index in [2.05, 4.69) is 14.8 Å². The maximum atomic E-state index is 12.1. The van der Waals surface area contributed by atoms with Gasteiger partial charge in [-0.25, -0.2) is 5.10 Å². The minimum atomic E-state index is -0.871. The first kappa shape index (κ1) is 7.80. The largest absolute Gasteiger partial charge is 0.376 e. The highest BCUT2D eigenvalue weighted by Gasteiger charge is 2.10. The first-order valence-corrected chi connectivity index (χ1v) is 2.84. The molecule has 0 bridgehead atoms. The molecule has 11 heavy (non-hydrogen) atoms. The molecule has 0 aromatic carbocycles. The monoisotopic (exact) mass is 159 g/mol. The van der Waals surface area contributed by atoms with Crippen LogP contribution in [0.5, 0.6) is 0 Å². The highest BCUT2D eigenvalue weighted by Crippen LogP contribution is 1.91. The standard InChI is InChI=1S/C5H6FN3O2/c1-11-2-3(10)4-7-5(6)9-8-4/h2H2,1H3,(H,7,8,9). The average molecular weight is 159 g/mol. The molecule has 1 aromatic rings. The number of carbonyl (C=O) groups excluding carboxylic acids is 1. The molecule has 60 valence electrons. The van der Waals surface area contributed by atoms with E-state index in [0.29, 0.717) is 0 Å². The quantitative estimate of drug-likeness (QED) is 0.618. The molecule has 0 aliphatic rings. The molecule has 0 atom stereocenters. The summed E-state index contributed by atoms with van der Waals surface area (Å²) in [5.41, 5.74) is 0. The van der Waals surface area contributed by atoms with Crippen LogP contribution in [0.15, 0.2) is 0 Å². The number of carbonyl (C=O) groups is 1. The molecule has 0 unspecified atom stereocenters.